The molecule has 80 valence electrons. The average Bonchev–Trinajstić information content (AvgIpc) is 2.15. The minimum atomic E-state index is -1.07. The molecule has 0 fully saturated rings. The number of nitrogen functional groups attached to an aromatic ring is 1. The number of nitrogens with zero attached hydrogens (tertiary/aromatic N) is 1. The normalized spacial score (nSPS) is 9.60. The van der Waals surface area contributed by atoms with E-state index in [4.69, 9.17) is 16.6 Å². The largest absolute Gasteiger partial charge is 0.480 e. The Balaban J connectivity index is 2.95. The Morgan fingerprint density at radius 2 is 2.20 bits per heavy atom. The molecule has 0 bridgehead atoms. The Hall–Kier alpha value is -2.31. The number of anilines is 2. The first-order valence-corrected chi connectivity index (χ1v) is 4.01. The van der Waals surface area contributed by atoms with Gasteiger partial charge in [0, 0.05) is 0 Å². The highest BCUT2D eigenvalue weighted by atomic mass is 16.4. The summed E-state index contributed by atoms with van der Waals surface area (Å²) in [6, 6.07) is 1.33. The quantitative estimate of drug-likeness (QED) is 0.517. The Morgan fingerprint density at radius 1 is 1.53 bits per heavy atom. The lowest BCUT2D eigenvalue weighted by Gasteiger charge is -2.07. The molecular formula is C8H10N4O3. The van der Waals surface area contributed by atoms with Crippen LogP contribution in [0.15, 0.2) is 12.3 Å². The van der Waals surface area contributed by atoms with Gasteiger partial charge < -0.3 is 21.9 Å². The number of rotatable bonds is 4. The summed E-state index contributed by atoms with van der Waals surface area (Å²) in [7, 11) is 0. The number of carboxylic acids is 1. The number of amides is 1. The lowest BCUT2D eigenvalue weighted by Crippen LogP contribution is -2.19. The van der Waals surface area contributed by atoms with E-state index in [0.29, 0.717) is 0 Å². The summed E-state index contributed by atoms with van der Waals surface area (Å²) in [6.07, 6.45) is 1.30. The fourth-order valence-electron chi connectivity index (χ4n) is 0.969. The van der Waals surface area contributed by atoms with E-state index in [2.05, 4.69) is 10.3 Å². The van der Waals surface area contributed by atoms with E-state index in [9.17, 15) is 9.59 Å². The number of pyridine rings is 1. The summed E-state index contributed by atoms with van der Waals surface area (Å²) in [6.45, 7) is -0.350. The first-order valence-electron chi connectivity index (χ1n) is 4.01. The summed E-state index contributed by atoms with van der Waals surface area (Å²) in [4.78, 5) is 25.0. The van der Waals surface area contributed by atoms with Crippen LogP contribution in [0.3, 0.4) is 0 Å². The molecule has 7 heteroatoms. The van der Waals surface area contributed by atoms with Gasteiger partial charge in [0.25, 0.3) is 5.91 Å². The first-order chi connectivity index (χ1) is 7.00. The van der Waals surface area contributed by atoms with Crippen molar-refractivity contribution in [1.82, 2.24) is 4.98 Å². The number of nitrogens with two attached hydrogens (primary N) is 2. The summed E-state index contributed by atoms with van der Waals surface area (Å²) in [5.74, 6) is -1.68. The van der Waals surface area contributed by atoms with Crippen molar-refractivity contribution in [3.05, 3.63) is 17.8 Å². The van der Waals surface area contributed by atoms with Crippen LogP contribution in [0.25, 0.3) is 0 Å². The van der Waals surface area contributed by atoms with Gasteiger partial charge in [0.15, 0.2) is 0 Å². The average molecular weight is 210 g/mol. The van der Waals surface area contributed by atoms with Crippen molar-refractivity contribution >= 4 is 23.4 Å². The molecule has 0 spiro atoms. The van der Waals surface area contributed by atoms with Gasteiger partial charge in [-0.3, -0.25) is 9.59 Å². The zero-order valence-electron chi connectivity index (χ0n) is 7.73. The Kier molecular flexibility index (Phi) is 3.06. The number of primary amides is 1. The molecule has 0 aliphatic heterocycles. The molecule has 1 heterocycles. The molecule has 0 radical (unpaired) electrons. The van der Waals surface area contributed by atoms with Crippen molar-refractivity contribution in [2.24, 2.45) is 5.73 Å². The second kappa shape index (κ2) is 4.27. The third-order valence-corrected chi connectivity index (χ3v) is 1.58. The van der Waals surface area contributed by atoms with E-state index in [0.717, 1.165) is 0 Å². The molecule has 0 saturated carbocycles. The number of carboxylic acid groups (broad SMARTS) is 1. The predicted octanol–water partition coefficient (Wildman–Crippen LogP) is -0.741. The molecule has 0 saturated heterocycles. The zero-order chi connectivity index (χ0) is 11.4. The van der Waals surface area contributed by atoms with Gasteiger partial charge in [-0.15, -0.1) is 0 Å². The Labute approximate surface area is 85.1 Å². The van der Waals surface area contributed by atoms with Crippen molar-refractivity contribution in [2.45, 2.75) is 0 Å². The number of aromatic nitrogens is 1. The van der Waals surface area contributed by atoms with Crippen molar-refractivity contribution in [3.63, 3.8) is 0 Å². The Morgan fingerprint density at radius 3 is 2.73 bits per heavy atom. The number of nitrogens with one attached hydrogen (secondary N) is 1. The van der Waals surface area contributed by atoms with Crippen molar-refractivity contribution < 1.29 is 14.7 Å². The number of aliphatic carboxylic acids is 1. The molecule has 15 heavy (non-hydrogen) atoms. The van der Waals surface area contributed by atoms with Crippen LogP contribution < -0.4 is 16.8 Å². The third-order valence-electron chi connectivity index (χ3n) is 1.58. The molecule has 0 aliphatic rings. The fourth-order valence-corrected chi connectivity index (χ4v) is 0.969. The van der Waals surface area contributed by atoms with Crippen LogP contribution in [-0.2, 0) is 4.79 Å². The second-order valence-corrected chi connectivity index (χ2v) is 2.78. The molecule has 0 atom stereocenters. The first kappa shape index (κ1) is 10.8. The van der Waals surface area contributed by atoms with E-state index >= 15 is 0 Å². The maximum absolute atomic E-state index is 11.0. The maximum atomic E-state index is 11.0. The van der Waals surface area contributed by atoms with Crippen LogP contribution in [-0.4, -0.2) is 28.5 Å². The molecular weight excluding hydrogens is 200 g/mol. The lowest BCUT2D eigenvalue weighted by atomic mass is 10.2. The molecule has 0 unspecified atom stereocenters. The van der Waals surface area contributed by atoms with Crippen molar-refractivity contribution in [3.8, 4) is 0 Å². The molecule has 1 aromatic rings. The van der Waals surface area contributed by atoms with Crippen LogP contribution >= 0.6 is 0 Å². The van der Waals surface area contributed by atoms with Gasteiger partial charge in [-0.25, -0.2) is 4.98 Å². The number of carbonyl (C=O) groups excluding carboxylic acids is 1. The highest BCUT2D eigenvalue weighted by molar-refractivity contribution is 5.98. The fraction of sp³-hybridized carbons (Fsp3) is 0.125. The standard InChI is InChI=1S/C8H10N4O3/c9-4-1-5(7(10)15)8(11-2-4)12-3-6(13)14/h1-2H,3,9H2,(H2,10,15)(H,11,12)(H,13,14). The van der Waals surface area contributed by atoms with E-state index in [-0.39, 0.29) is 23.6 Å². The van der Waals surface area contributed by atoms with Gasteiger partial charge in [-0.2, -0.15) is 0 Å². The second-order valence-electron chi connectivity index (χ2n) is 2.78. The van der Waals surface area contributed by atoms with Crippen LogP contribution in [0, 0.1) is 0 Å². The van der Waals surface area contributed by atoms with E-state index in [1.54, 1.807) is 0 Å². The van der Waals surface area contributed by atoms with E-state index in [1.807, 2.05) is 0 Å². The zero-order valence-corrected chi connectivity index (χ0v) is 7.73. The van der Waals surface area contributed by atoms with Gasteiger partial charge in [0.05, 0.1) is 17.4 Å². The van der Waals surface area contributed by atoms with Gasteiger partial charge >= 0.3 is 5.97 Å². The number of hydrogen-bond acceptors (Lipinski definition) is 5. The van der Waals surface area contributed by atoms with Crippen molar-refractivity contribution in [2.75, 3.05) is 17.6 Å². The van der Waals surface area contributed by atoms with Gasteiger partial charge in [-0.1, -0.05) is 0 Å². The van der Waals surface area contributed by atoms with Crippen molar-refractivity contribution in [1.29, 1.82) is 0 Å². The maximum Gasteiger partial charge on any atom is 0.322 e. The van der Waals surface area contributed by atoms with Gasteiger partial charge in [0.2, 0.25) is 0 Å². The van der Waals surface area contributed by atoms with Crippen LogP contribution in [0.5, 0.6) is 0 Å². The van der Waals surface area contributed by atoms with Crippen LogP contribution in [0.2, 0.25) is 0 Å². The smallest absolute Gasteiger partial charge is 0.322 e. The number of carbonyl (C=O) groups is 2. The summed E-state index contributed by atoms with van der Waals surface area (Å²) < 4.78 is 0. The van der Waals surface area contributed by atoms with Crippen LogP contribution in [0.1, 0.15) is 10.4 Å². The SMILES string of the molecule is NC(=O)c1cc(N)cnc1NCC(=O)O. The monoisotopic (exact) mass is 210 g/mol. The molecule has 0 aliphatic carbocycles. The minimum absolute atomic E-state index is 0.0660. The summed E-state index contributed by atoms with van der Waals surface area (Å²) >= 11 is 0. The van der Waals surface area contributed by atoms with E-state index < -0.39 is 11.9 Å². The predicted molar refractivity (Wildman–Crippen MR) is 53.3 cm³/mol. The molecule has 0 aromatic carbocycles. The highest BCUT2D eigenvalue weighted by Crippen LogP contribution is 2.14. The lowest BCUT2D eigenvalue weighted by molar-refractivity contribution is -0.134. The van der Waals surface area contributed by atoms with Gasteiger partial charge in [-0.05, 0) is 6.07 Å². The van der Waals surface area contributed by atoms with Crippen LogP contribution in [0.4, 0.5) is 11.5 Å². The topological polar surface area (TPSA) is 131 Å². The third kappa shape index (κ3) is 2.83. The molecule has 1 aromatic heterocycles. The Bertz CT molecular complexity index is 405. The summed E-state index contributed by atoms with van der Waals surface area (Å²) in [5.41, 5.74) is 10.8. The molecule has 1 amide bonds. The minimum Gasteiger partial charge on any atom is -0.480 e. The highest BCUT2D eigenvalue weighted by Gasteiger charge is 2.10. The summed E-state index contributed by atoms with van der Waals surface area (Å²) in [5, 5.41) is 10.9. The molecule has 7 nitrogen and oxygen atoms in total. The molecule has 1 rings (SSSR count). The number of hydrogen-bond donors (Lipinski definition) is 4. The van der Waals surface area contributed by atoms with Gasteiger partial charge in [0.1, 0.15) is 12.4 Å². The molecule has 6 N–H and O–H groups in total. The van der Waals surface area contributed by atoms with E-state index in [1.165, 1.54) is 12.3 Å².